The Morgan fingerprint density at radius 1 is 1.17 bits per heavy atom. The van der Waals surface area contributed by atoms with Crippen LogP contribution in [0.3, 0.4) is 0 Å². The Labute approximate surface area is 98.1 Å². The summed E-state index contributed by atoms with van der Waals surface area (Å²) in [7, 11) is 0. The predicted molar refractivity (Wildman–Crippen MR) is 51.6 cm³/mol. The van der Waals surface area contributed by atoms with E-state index in [1.165, 1.54) is 6.07 Å². The lowest BCUT2D eigenvalue weighted by atomic mass is 10.2. The lowest BCUT2D eigenvalue weighted by molar-refractivity contribution is -0.630. The normalized spacial score (nSPS) is 11.4. The van der Waals surface area contributed by atoms with Crippen LogP contribution in [0.2, 0.25) is 0 Å². The number of hydrogen-bond donors (Lipinski definition) is 0. The molecular weight excluding hydrogens is 251 g/mol. The second kappa shape index (κ2) is 3.73. The van der Waals surface area contributed by atoms with Gasteiger partial charge in [0.1, 0.15) is 0 Å². The van der Waals surface area contributed by atoms with E-state index in [4.69, 9.17) is 5.26 Å². The fourth-order valence-corrected chi connectivity index (χ4v) is 1.49. The van der Waals surface area contributed by atoms with E-state index in [-0.39, 0.29) is 15.0 Å². The van der Waals surface area contributed by atoms with Gasteiger partial charge in [-0.15, -0.1) is 4.73 Å². The van der Waals surface area contributed by atoms with Gasteiger partial charge in [0.25, 0.3) is 17.2 Å². The standard InChI is InChI=1S/C10H4F3N3O2/c11-10(12,13)6-1-2-8-9(3-6)15(17)5-7(4-14)16(8)18/h1-3,5H. The lowest BCUT2D eigenvalue weighted by Gasteiger charge is -2.08. The zero-order valence-corrected chi connectivity index (χ0v) is 8.60. The van der Waals surface area contributed by atoms with Crippen molar-refractivity contribution >= 4 is 11.0 Å². The predicted octanol–water partition coefficient (Wildman–Crippen LogP) is 0.997. The van der Waals surface area contributed by atoms with Crippen molar-refractivity contribution in [3.63, 3.8) is 0 Å². The third kappa shape index (κ3) is 1.75. The second-order valence-corrected chi connectivity index (χ2v) is 3.45. The number of rotatable bonds is 0. The topological polar surface area (TPSA) is 77.7 Å². The second-order valence-electron chi connectivity index (χ2n) is 3.45. The van der Waals surface area contributed by atoms with Crippen LogP contribution in [0.4, 0.5) is 13.2 Å². The maximum absolute atomic E-state index is 12.4. The minimum absolute atomic E-state index is 0.0670. The van der Waals surface area contributed by atoms with Gasteiger partial charge >= 0.3 is 11.9 Å². The highest BCUT2D eigenvalue weighted by Gasteiger charge is 2.33. The Kier molecular flexibility index (Phi) is 2.47. The van der Waals surface area contributed by atoms with Gasteiger partial charge in [-0.2, -0.15) is 23.2 Å². The molecule has 0 aliphatic heterocycles. The molecule has 5 nitrogen and oxygen atoms in total. The monoisotopic (exact) mass is 255 g/mol. The van der Waals surface area contributed by atoms with Crippen molar-refractivity contribution < 1.29 is 22.6 Å². The van der Waals surface area contributed by atoms with Crippen molar-refractivity contribution in [2.45, 2.75) is 6.18 Å². The van der Waals surface area contributed by atoms with Crippen molar-refractivity contribution in [1.82, 2.24) is 0 Å². The molecule has 0 unspecified atom stereocenters. The summed E-state index contributed by atoms with van der Waals surface area (Å²) in [5, 5.41) is 31.6. The largest absolute Gasteiger partial charge is 0.618 e. The molecule has 18 heavy (non-hydrogen) atoms. The summed E-state index contributed by atoms with van der Waals surface area (Å²) in [5.74, 6) is 0. The van der Waals surface area contributed by atoms with Gasteiger partial charge in [-0.05, 0) is 6.07 Å². The summed E-state index contributed by atoms with van der Waals surface area (Å²) in [4.78, 5) is 0. The number of nitrogens with zero attached hydrogens (tertiary/aromatic N) is 3. The van der Waals surface area contributed by atoms with Gasteiger partial charge in [-0.3, -0.25) is 0 Å². The maximum atomic E-state index is 12.4. The van der Waals surface area contributed by atoms with E-state index in [0.717, 1.165) is 6.07 Å². The number of nitriles is 1. The fourth-order valence-electron chi connectivity index (χ4n) is 1.49. The molecule has 8 heteroatoms. The average Bonchev–Trinajstić information content (AvgIpc) is 2.32. The summed E-state index contributed by atoms with van der Waals surface area (Å²) in [6.45, 7) is 0. The molecule has 0 saturated carbocycles. The van der Waals surface area contributed by atoms with Crippen LogP contribution in [0.15, 0.2) is 24.4 Å². The minimum Gasteiger partial charge on any atom is -0.618 e. The molecule has 92 valence electrons. The highest BCUT2D eigenvalue weighted by molar-refractivity contribution is 5.69. The molecule has 0 saturated heterocycles. The van der Waals surface area contributed by atoms with Crippen molar-refractivity contribution in [2.24, 2.45) is 0 Å². The quantitative estimate of drug-likeness (QED) is 0.520. The molecule has 1 aromatic carbocycles. The zero-order chi connectivity index (χ0) is 13.5. The van der Waals surface area contributed by atoms with E-state index in [1.807, 2.05) is 0 Å². The Bertz CT molecular complexity index is 677. The van der Waals surface area contributed by atoms with E-state index in [2.05, 4.69) is 0 Å². The molecule has 0 radical (unpaired) electrons. The van der Waals surface area contributed by atoms with Crippen LogP contribution in [0, 0.1) is 21.7 Å². The van der Waals surface area contributed by atoms with Gasteiger partial charge in [-0.25, -0.2) is 0 Å². The van der Waals surface area contributed by atoms with Crippen LogP contribution >= 0.6 is 0 Å². The zero-order valence-electron chi connectivity index (χ0n) is 8.60. The van der Waals surface area contributed by atoms with Crippen LogP contribution in [0.1, 0.15) is 11.3 Å². The molecule has 0 N–H and O–H groups in total. The Morgan fingerprint density at radius 2 is 1.83 bits per heavy atom. The summed E-state index contributed by atoms with van der Waals surface area (Å²) < 4.78 is 37.5. The van der Waals surface area contributed by atoms with E-state index >= 15 is 0 Å². The van der Waals surface area contributed by atoms with Crippen molar-refractivity contribution in [1.29, 1.82) is 5.26 Å². The lowest BCUT2D eigenvalue weighted by Crippen LogP contribution is -2.40. The van der Waals surface area contributed by atoms with E-state index in [0.29, 0.717) is 18.3 Å². The minimum atomic E-state index is -4.61. The molecule has 2 rings (SSSR count). The molecule has 0 aliphatic rings. The SMILES string of the molecule is N#Cc1c[n+]([O-])c2cc(C(F)(F)F)ccc2[n+]1[O-]. The first-order valence-electron chi connectivity index (χ1n) is 4.61. The van der Waals surface area contributed by atoms with Crippen LogP contribution < -0.4 is 9.46 Å². The first-order valence-corrected chi connectivity index (χ1v) is 4.61. The molecule has 0 atom stereocenters. The summed E-state index contributed by atoms with van der Waals surface area (Å²) in [6.07, 6.45) is -3.97. The Hall–Kier alpha value is -2.56. The molecular formula is C10H4F3N3O2. The molecule has 1 aromatic heterocycles. The summed E-state index contributed by atoms with van der Waals surface area (Å²) >= 11 is 0. The van der Waals surface area contributed by atoms with Crippen LogP contribution in [-0.2, 0) is 6.18 Å². The summed E-state index contributed by atoms with van der Waals surface area (Å²) in [5.41, 5.74) is -2.27. The number of alkyl halides is 3. The van der Waals surface area contributed by atoms with Gasteiger partial charge in [-0.1, -0.05) is 0 Å². The summed E-state index contributed by atoms with van der Waals surface area (Å²) in [6, 6.07) is 3.59. The fraction of sp³-hybridized carbons (Fsp3) is 0.100. The first kappa shape index (κ1) is 11.9. The van der Waals surface area contributed by atoms with Crippen LogP contribution in [0.5, 0.6) is 0 Å². The number of fused-ring (bicyclic) bond motifs is 1. The Morgan fingerprint density at radius 3 is 2.39 bits per heavy atom. The molecule has 2 aromatic rings. The molecule has 0 bridgehead atoms. The number of aromatic nitrogens is 2. The molecule has 0 aliphatic carbocycles. The highest BCUT2D eigenvalue weighted by Crippen LogP contribution is 2.30. The first-order chi connectivity index (χ1) is 8.34. The average molecular weight is 255 g/mol. The smallest absolute Gasteiger partial charge is 0.416 e. The van der Waals surface area contributed by atoms with E-state index in [1.54, 1.807) is 0 Å². The van der Waals surface area contributed by atoms with Crippen molar-refractivity contribution in [2.75, 3.05) is 0 Å². The third-order valence-corrected chi connectivity index (χ3v) is 2.33. The molecule has 0 fully saturated rings. The molecule has 0 amide bonds. The third-order valence-electron chi connectivity index (χ3n) is 2.33. The van der Waals surface area contributed by atoms with Gasteiger partial charge in [0.15, 0.2) is 6.07 Å². The van der Waals surface area contributed by atoms with Gasteiger partial charge in [0, 0.05) is 12.1 Å². The van der Waals surface area contributed by atoms with Gasteiger partial charge in [0.05, 0.1) is 5.56 Å². The van der Waals surface area contributed by atoms with Crippen molar-refractivity contribution in [3.8, 4) is 6.07 Å². The van der Waals surface area contributed by atoms with Crippen LogP contribution in [0.25, 0.3) is 11.0 Å². The number of hydrogen-bond acceptors (Lipinski definition) is 3. The van der Waals surface area contributed by atoms with Crippen LogP contribution in [-0.4, -0.2) is 0 Å². The number of halogens is 3. The van der Waals surface area contributed by atoms with Gasteiger partial charge in [0.2, 0.25) is 0 Å². The highest BCUT2D eigenvalue weighted by atomic mass is 19.4. The van der Waals surface area contributed by atoms with Gasteiger partial charge < -0.3 is 10.4 Å². The van der Waals surface area contributed by atoms with E-state index in [9.17, 15) is 23.6 Å². The number of benzene rings is 1. The Balaban J connectivity index is 2.81. The maximum Gasteiger partial charge on any atom is 0.416 e. The van der Waals surface area contributed by atoms with E-state index < -0.39 is 23.0 Å². The molecule has 0 spiro atoms. The molecule has 1 heterocycles. The van der Waals surface area contributed by atoms with Crippen molar-refractivity contribution in [3.05, 3.63) is 46.1 Å².